The highest BCUT2D eigenvalue weighted by Gasteiger charge is 2.33. The molecule has 1 N–H and O–H groups in total. The molecule has 0 heterocycles. The second-order valence-electron chi connectivity index (χ2n) is 4.66. The van der Waals surface area contributed by atoms with Gasteiger partial charge in [0.05, 0.1) is 13.5 Å². The summed E-state index contributed by atoms with van der Waals surface area (Å²) in [6, 6.07) is 6.03. The maximum atomic E-state index is 11.0. The lowest BCUT2D eigenvalue weighted by atomic mass is 9.91. The Labute approximate surface area is 112 Å². The fourth-order valence-corrected chi connectivity index (χ4v) is 2.93. The van der Waals surface area contributed by atoms with Gasteiger partial charge in [0.15, 0.2) is 0 Å². The summed E-state index contributed by atoms with van der Waals surface area (Å²) < 4.78 is 5.29. The zero-order valence-corrected chi connectivity index (χ0v) is 11.5. The van der Waals surface area contributed by atoms with Crippen LogP contribution in [-0.4, -0.2) is 24.4 Å². The minimum absolute atomic E-state index is 0.152. The smallest absolute Gasteiger partial charge is 0.303 e. The van der Waals surface area contributed by atoms with Gasteiger partial charge in [-0.25, -0.2) is 0 Å². The molecule has 1 aromatic carbocycles. The van der Waals surface area contributed by atoms with Crippen LogP contribution in [0.1, 0.15) is 30.7 Å². The van der Waals surface area contributed by atoms with E-state index in [1.165, 1.54) is 0 Å². The number of benzene rings is 1. The van der Waals surface area contributed by atoms with Crippen LogP contribution in [0, 0.1) is 5.92 Å². The predicted octanol–water partition coefficient (Wildman–Crippen LogP) is 3.39. The van der Waals surface area contributed by atoms with Crippen LogP contribution in [0.5, 0.6) is 5.75 Å². The molecule has 0 aliphatic heterocycles. The van der Waals surface area contributed by atoms with E-state index in [2.05, 4.69) is 6.07 Å². The average molecular weight is 266 g/mol. The SMILES string of the molecule is COc1ccc(C(CC(=O)O)C2CC2)cc1SC. The maximum Gasteiger partial charge on any atom is 0.303 e. The standard InChI is InChI=1S/C14H18O3S/c1-17-12-6-5-10(7-13(12)18-2)11(8-14(15)16)9-3-4-9/h5-7,9,11H,3-4,8H2,1-2H3,(H,15,16). The summed E-state index contributed by atoms with van der Waals surface area (Å²) in [5, 5.41) is 9.02. The van der Waals surface area contributed by atoms with Crippen molar-refractivity contribution in [2.24, 2.45) is 5.92 Å². The molecule has 1 saturated carbocycles. The third kappa shape index (κ3) is 2.99. The average Bonchev–Trinajstić information content (AvgIpc) is 3.19. The molecule has 0 radical (unpaired) electrons. The second kappa shape index (κ2) is 5.65. The molecule has 1 aliphatic carbocycles. The molecule has 1 atom stereocenters. The Morgan fingerprint density at radius 2 is 2.28 bits per heavy atom. The molecule has 0 amide bonds. The number of methoxy groups -OCH3 is 1. The summed E-state index contributed by atoms with van der Waals surface area (Å²) in [6.07, 6.45) is 4.53. The molecule has 0 bridgehead atoms. The van der Waals surface area contributed by atoms with Gasteiger partial charge >= 0.3 is 5.97 Å². The van der Waals surface area contributed by atoms with Crippen molar-refractivity contribution in [3.63, 3.8) is 0 Å². The van der Waals surface area contributed by atoms with Gasteiger partial charge in [0.1, 0.15) is 5.75 Å². The van der Waals surface area contributed by atoms with Gasteiger partial charge in [0, 0.05) is 4.90 Å². The van der Waals surface area contributed by atoms with Crippen LogP contribution < -0.4 is 4.74 Å². The van der Waals surface area contributed by atoms with E-state index in [9.17, 15) is 4.79 Å². The molecule has 1 aromatic rings. The van der Waals surface area contributed by atoms with Crippen molar-refractivity contribution in [1.82, 2.24) is 0 Å². The Bertz CT molecular complexity index is 441. The Kier molecular flexibility index (Phi) is 4.17. The molecule has 1 aliphatic rings. The maximum absolute atomic E-state index is 11.0. The molecule has 4 heteroatoms. The number of hydrogen-bond donors (Lipinski definition) is 1. The third-order valence-electron chi connectivity index (χ3n) is 3.42. The Morgan fingerprint density at radius 3 is 2.78 bits per heavy atom. The van der Waals surface area contributed by atoms with Gasteiger partial charge in [-0.3, -0.25) is 4.79 Å². The highest BCUT2D eigenvalue weighted by molar-refractivity contribution is 7.98. The van der Waals surface area contributed by atoms with Crippen molar-refractivity contribution < 1.29 is 14.6 Å². The van der Waals surface area contributed by atoms with E-state index in [0.29, 0.717) is 5.92 Å². The summed E-state index contributed by atoms with van der Waals surface area (Å²) in [4.78, 5) is 12.0. The summed E-state index contributed by atoms with van der Waals surface area (Å²) >= 11 is 1.63. The minimum Gasteiger partial charge on any atom is -0.496 e. The number of ether oxygens (including phenoxy) is 1. The molecule has 3 nitrogen and oxygen atoms in total. The van der Waals surface area contributed by atoms with Gasteiger partial charge < -0.3 is 9.84 Å². The topological polar surface area (TPSA) is 46.5 Å². The monoisotopic (exact) mass is 266 g/mol. The number of thioether (sulfide) groups is 1. The van der Waals surface area contributed by atoms with Crippen molar-refractivity contribution in [1.29, 1.82) is 0 Å². The lowest BCUT2D eigenvalue weighted by molar-refractivity contribution is -0.137. The second-order valence-corrected chi connectivity index (χ2v) is 5.50. The van der Waals surface area contributed by atoms with Gasteiger partial charge in [0.2, 0.25) is 0 Å². The molecule has 0 aromatic heterocycles. The summed E-state index contributed by atoms with van der Waals surface area (Å²) in [6.45, 7) is 0. The lowest BCUT2D eigenvalue weighted by Crippen LogP contribution is -2.08. The van der Waals surface area contributed by atoms with Gasteiger partial charge in [-0.15, -0.1) is 11.8 Å². The molecule has 18 heavy (non-hydrogen) atoms. The molecule has 0 saturated heterocycles. The molecule has 1 fully saturated rings. The quantitative estimate of drug-likeness (QED) is 0.802. The molecule has 0 spiro atoms. The van der Waals surface area contributed by atoms with E-state index in [-0.39, 0.29) is 12.3 Å². The first-order valence-electron chi connectivity index (χ1n) is 6.09. The zero-order chi connectivity index (χ0) is 13.1. The van der Waals surface area contributed by atoms with E-state index in [4.69, 9.17) is 9.84 Å². The van der Waals surface area contributed by atoms with Crippen LogP contribution in [0.3, 0.4) is 0 Å². The van der Waals surface area contributed by atoms with E-state index >= 15 is 0 Å². The number of rotatable bonds is 6. The van der Waals surface area contributed by atoms with Crippen LogP contribution >= 0.6 is 11.8 Å². The van der Waals surface area contributed by atoms with E-state index in [1.807, 2.05) is 18.4 Å². The zero-order valence-electron chi connectivity index (χ0n) is 10.7. The van der Waals surface area contributed by atoms with Gasteiger partial charge in [-0.1, -0.05) is 6.07 Å². The highest BCUT2D eigenvalue weighted by Crippen LogP contribution is 2.45. The van der Waals surface area contributed by atoms with E-state index < -0.39 is 5.97 Å². The van der Waals surface area contributed by atoms with Crippen molar-refractivity contribution in [2.75, 3.05) is 13.4 Å². The Balaban J connectivity index is 2.26. The molecular formula is C14H18O3S. The Hall–Kier alpha value is -1.16. The van der Waals surface area contributed by atoms with Crippen molar-refractivity contribution in [3.05, 3.63) is 23.8 Å². The first-order valence-corrected chi connectivity index (χ1v) is 7.32. The molecule has 98 valence electrons. The fourth-order valence-electron chi connectivity index (χ4n) is 2.33. The number of carboxylic acids is 1. The number of aliphatic carboxylic acids is 1. The van der Waals surface area contributed by atoms with Crippen LogP contribution in [0.4, 0.5) is 0 Å². The molecule has 2 rings (SSSR count). The molecule has 1 unspecified atom stereocenters. The fraction of sp³-hybridized carbons (Fsp3) is 0.500. The Morgan fingerprint density at radius 1 is 1.56 bits per heavy atom. The van der Waals surface area contributed by atoms with E-state index in [0.717, 1.165) is 29.1 Å². The normalized spacial score (nSPS) is 16.3. The minimum atomic E-state index is -0.714. The lowest BCUT2D eigenvalue weighted by Gasteiger charge is -2.16. The van der Waals surface area contributed by atoms with Crippen molar-refractivity contribution >= 4 is 17.7 Å². The van der Waals surface area contributed by atoms with Crippen molar-refractivity contribution in [3.8, 4) is 5.75 Å². The van der Waals surface area contributed by atoms with Crippen LogP contribution in [0.15, 0.2) is 23.1 Å². The highest BCUT2D eigenvalue weighted by atomic mass is 32.2. The summed E-state index contributed by atoms with van der Waals surface area (Å²) in [5.74, 6) is 0.841. The largest absolute Gasteiger partial charge is 0.496 e. The number of carboxylic acid groups (broad SMARTS) is 1. The van der Waals surface area contributed by atoms with Crippen LogP contribution in [0.2, 0.25) is 0 Å². The number of carbonyl (C=O) groups is 1. The third-order valence-corrected chi connectivity index (χ3v) is 4.18. The first kappa shape index (κ1) is 13.3. The molecular weight excluding hydrogens is 248 g/mol. The van der Waals surface area contributed by atoms with Crippen molar-refractivity contribution in [2.45, 2.75) is 30.1 Å². The van der Waals surface area contributed by atoms with Gasteiger partial charge in [-0.2, -0.15) is 0 Å². The summed E-state index contributed by atoms with van der Waals surface area (Å²) in [5.41, 5.74) is 1.13. The summed E-state index contributed by atoms with van der Waals surface area (Å²) in [7, 11) is 1.66. The van der Waals surface area contributed by atoms with E-state index in [1.54, 1.807) is 18.9 Å². The van der Waals surface area contributed by atoms with Gasteiger partial charge in [-0.05, 0) is 48.6 Å². The number of hydrogen-bond acceptors (Lipinski definition) is 3. The van der Waals surface area contributed by atoms with Crippen LogP contribution in [0.25, 0.3) is 0 Å². The predicted molar refractivity (Wildman–Crippen MR) is 72.5 cm³/mol. The van der Waals surface area contributed by atoms with Gasteiger partial charge in [0.25, 0.3) is 0 Å². The first-order chi connectivity index (χ1) is 8.65. The van der Waals surface area contributed by atoms with Crippen LogP contribution in [-0.2, 0) is 4.79 Å².